The summed E-state index contributed by atoms with van der Waals surface area (Å²) in [4.78, 5) is 23.8. The predicted octanol–water partition coefficient (Wildman–Crippen LogP) is 2.70. The van der Waals surface area contributed by atoms with E-state index < -0.39 is 41.9 Å². The number of hydrogen-bond donors (Lipinski definition) is 2. The number of anilines is 1. The Bertz CT molecular complexity index is 578. The van der Waals surface area contributed by atoms with Gasteiger partial charge in [0.15, 0.2) is 0 Å². The van der Waals surface area contributed by atoms with Crippen LogP contribution in [-0.4, -0.2) is 41.5 Å². The summed E-state index contributed by atoms with van der Waals surface area (Å²) in [7, 11) is 1.37. The Morgan fingerprint density at radius 3 is 2.50 bits per heavy atom. The molecule has 1 amide bonds. The number of carboxylic acids is 1. The molecule has 0 radical (unpaired) electrons. The molecule has 9 heteroatoms. The number of nitrogens with one attached hydrogen (secondary N) is 1. The highest BCUT2D eigenvalue weighted by Gasteiger charge is 2.35. The van der Waals surface area contributed by atoms with Crippen LogP contribution in [-0.2, 0) is 15.8 Å². The molecule has 0 aliphatic heterocycles. The van der Waals surface area contributed by atoms with Gasteiger partial charge in [0.05, 0.1) is 22.8 Å². The molecule has 1 rings (SSSR count). The van der Waals surface area contributed by atoms with Crippen LogP contribution >= 0.6 is 11.6 Å². The molecule has 0 aromatic heterocycles. The highest BCUT2D eigenvalue weighted by Crippen LogP contribution is 2.38. The van der Waals surface area contributed by atoms with E-state index in [1.165, 1.54) is 24.9 Å². The maximum atomic E-state index is 12.9. The topological polar surface area (TPSA) is 69.6 Å². The first-order valence-electron chi connectivity index (χ1n) is 6.12. The van der Waals surface area contributed by atoms with Gasteiger partial charge in [-0.25, -0.2) is 0 Å². The van der Waals surface area contributed by atoms with Crippen LogP contribution in [0.15, 0.2) is 18.2 Å². The average Bonchev–Trinajstić information content (AvgIpc) is 2.38. The summed E-state index contributed by atoms with van der Waals surface area (Å²) in [5, 5.41) is 10.6. The molecule has 1 atom stereocenters. The summed E-state index contributed by atoms with van der Waals surface area (Å²) in [5.74, 6) is -1.95. The molecular weight excluding hydrogens is 325 g/mol. The van der Waals surface area contributed by atoms with E-state index in [1.54, 1.807) is 0 Å². The van der Waals surface area contributed by atoms with Crippen molar-refractivity contribution < 1.29 is 27.9 Å². The molecule has 2 N–H and O–H groups in total. The minimum absolute atomic E-state index is 0.253. The lowest BCUT2D eigenvalue weighted by atomic mass is 10.1. The Balaban J connectivity index is 2.92. The van der Waals surface area contributed by atoms with Crippen LogP contribution in [0.3, 0.4) is 0 Å². The van der Waals surface area contributed by atoms with E-state index in [9.17, 15) is 22.8 Å². The van der Waals surface area contributed by atoms with Gasteiger partial charge in [-0.15, -0.1) is 0 Å². The third-order valence-corrected chi connectivity index (χ3v) is 3.31. The van der Waals surface area contributed by atoms with Gasteiger partial charge in [-0.05, 0) is 26.1 Å². The number of carboxylic acid groups (broad SMARTS) is 1. The first-order valence-corrected chi connectivity index (χ1v) is 6.50. The van der Waals surface area contributed by atoms with E-state index in [0.29, 0.717) is 0 Å². The van der Waals surface area contributed by atoms with Gasteiger partial charge in [0, 0.05) is 0 Å². The molecule has 5 nitrogen and oxygen atoms in total. The number of aliphatic carboxylic acids is 1. The summed E-state index contributed by atoms with van der Waals surface area (Å²) in [6, 6.07) is 2.18. The number of alkyl halides is 3. The predicted molar refractivity (Wildman–Crippen MR) is 74.8 cm³/mol. The van der Waals surface area contributed by atoms with Gasteiger partial charge in [0.25, 0.3) is 0 Å². The Kier molecular flexibility index (Phi) is 5.78. The minimum atomic E-state index is -4.67. The van der Waals surface area contributed by atoms with E-state index in [4.69, 9.17) is 16.7 Å². The molecular formula is C13H14ClF3N2O3. The van der Waals surface area contributed by atoms with Crippen molar-refractivity contribution in [3.8, 4) is 0 Å². The second-order valence-electron chi connectivity index (χ2n) is 4.64. The van der Waals surface area contributed by atoms with Crippen molar-refractivity contribution in [3.63, 3.8) is 0 Å². The standard InChI is InChI=1S/C13H14ClF3N2O3/c1-7(12(21)22)19(2)6-10(20)18-11-8(13(15,16)17)4-3-5-9(11)14/h3-5,7H,6H2,1-2H3,(H,18,20)(H,21,22). The maximum Gasteiger partial charge on any atom is 0.418 e. The average molecular weight is 339 g/mol. The van der Waals surface area contributed by atoms with E-state index in [-0.39, 0.29) is 5.02 Å². The molecule has 0 fully saturated rings. The highest BCUT2D eigenvalue weighted by atomic mass is 35.5. The normalized spacial score (nSPS) is 13.0. The number of para-hydroxylation sites is 1. The number of amides is 1. The third kappa shape index (κ3) is 4.60. The van der Waals surface area contributed by atoms with Crippen LogP contribution in [0.1, 0.15) is 12.5 Å². The smallest absolute Gasteiger partial charge is 0.418 e. The monoisotopic (exact) mass is 338 g/mol. The fourth-order valence-corrected chi connectivity index (χ4v) is 1.84. The van der Waals surface area contributed by atoms with Crippen LogP contribution in [0.5, 0.6) is 0 Å². The number of hydrogen-bond acceptors (Lipinski definition) is 3. The van der Waals surface area contributed by atoms with Crippen LogP contribution in [0, 0.1) is 0 Å². The van der Waals surface area contributed by atoms with Gasteiger partial charge in [-0.2, -0.15) is 13.2 Å². The first kappa shape index (κ1) is 18.2. The lowest BCUT2D eigenvalue weighted by Crippen LogP contribution is -2.40. The summed E-state index contributed by atoms with van der Waals surface area (Å²) >= 11 is 5.71. The molecule has 0 spiro atoms. The molecule has 0 aliphatic carbocycles. The number of halogens is 4. The van der Waals surface area contributed by atoms with Gasteiger partial charge in [0.1, 0.15) is 6.04 Å². The van der Waals surface area contributed by atoms with Crippen LogP contribution < -0.4 is 5.32 Å². The number of likely N-dealkylation sites (N-methyl/N-ethyl adjacent to an activating group) is 1. The Labute approximate surface area is 129 Å². The van der Waals surface area contributed by atoms with Gasteiger partial charge in [0.2, 0.25) is 5.91 Å². The SMILES string of the molecule is CC(C(=O)O)N(C)CC(=O)Nc1c(Cl)cccc1C(F)(F)F. The Hall–Kier alpha value is -1.80. The number of carbonyl (C=O) groups is 2. The lowest BCUT2D eigenvalue weighted by molar-refractivity contribution is -0.142. The molecule has 1 unspecified atom stereocenters. The van der Waals surface area contributed by atoms with E-state index in [1.807, 2.05) is 0 Å². The molecule has 122 valence electrons. The fourth-order valence-electron chi connectivity index (χ4n) is 1.62. The van der Waals surface area contributed by atoms with Crippen LogP contribution in [0.2, 0.25) is 5.02 Å². The molecule has 1 aromatic rings. The van der Waals surface area contributed by atoms with Crippen LogP contribution in [0.4, 0.5) is 18.9 Å². The van der Waals surface area contributed by atoms with E-state index >= 15 is 0 Å². The van der Waals surface area contributed by atoms with Crippen molar-refractivity contribution in [2.45, 2.75) is 19.1 Å². The summed E-state index contributed by atoms with van der Waals surface area (Å²) < 4.78 is 38.6. The van der Waals surface area contributed by atoms with E-state index in [0.717, 1.165) is 12.1 Å². The van der Waals surface area contributed by atoms with Crippen LogP contribution in [0.25, 0.3) is 0 Å². The summed E-state index contributed by atoms with van der Waals surface area (Å²) in [6.45, 7) is 0.961. The zero-order valence-electron chi connectivity index (χ0n) is 11.7. The van der Waals surface area contributed by atoms with Gasteiger partial charge >= 0.3 is 12.1 Å². The first-order chi connectivity index (χ1) is 10.0. The highest BCUT2D eigenvalue weighted by molar-refractivity contribution is 6.34. The van der Waals surface area contributed by atoms with Gasteiger partial charge in [-0.3, -0.25) is 14.5 Å². The van der Waals surface area contributed by atoms with Crippen molar-refractivity contribution in [1.82, 2.24) is 4.90 Å². The van der Waals surface area contributed by atoms with Gasteiger partial charge in [-0.1, -0.05) is 17.7 Å². The van der Waals surface area contributed by atoms with Crippen molar-refractivity contribution in [3.05, 3.63) is 28.8 Å². The third-order valence-electron chi connectivity index (χ3n) is 2.99. The van der Waals surface area contributed by atoms with Crippen molar-refractivity contribution in [1.29, 1.82) is 0 Å². The maximum absolute atomic E-state index is 12.9. The largest absolute Gasteiger partial charge is 0.480 e. The Morgan fingerprint density at radius 1 is 1.41 bits per heavy atom. The number of carbonyl (C=O) groups excluding carboxylic acids is 1. The quantitative estimate of drug-likeness (QED) is 0.866. The Morgan fingerprint density at radius 2 is 2.00 bits per heavy atom. The number of benzene rings is 1. The number of nitrogens with zero attached hydrogens (tertiary/aromatic N) is 1. The summed E-state index contributed by atoms with van der Waals surface area (Å²) in [5.41, 5.74) is -1.61. The van der Waals surface area contributed by atoms with E-state index in [2.05, 4.69) is 5.32 Å². The summed E-state index contributed by atoms with van der Waals surface area (Å²) in [6.07, 6.45) is -4.67. The molecule has 0 heterocycles. The van der Waals surface area contributed by atoms with Crippen molar-refractivity contribution in [2.75, 3.05) is 18.9 Å². The molecule has 22 heavy (non-hydrogen) atoms. The van der Waals surface area contributed by atoms with Gasteiger partial charge < -0.3 is 10.4 Å². The molecule has 0 saturated carbocycles. The minimum Gasteiger partial charge on any atom is -0.480 e. The lowest BCUT2D eigenvalue weighted by Gasteiger charge is -2.21. The molecule has 0 saturated heterocycles. The zero-order chi connectivity index (χ0) is 17.1. The molecule has 0 aliphatic rings. The zero-order valence-corrected chi connectivity index (χ0v) is 12.5. The second kappa shape index (κ2) is 6.97. The molecule has 0 bridgehead atoms. The van der Waals surface area contributed by atoms with Crippen molar-refractivity contribution in [2.24, 2.45) is 0 Å². The molecule has 1 aromatic carbocycles. The van der Waals surface area contributed by atoms with Crippen molar-refractivity contribution >= 4 is 29.2 Å². The second-order valence-corrected chi connectivity index (χ2v) is 5.04. The fraction of sp³-hybridized carbons (Fsp3) is 0.385. The number of rotatable bonds is 5.